The molecule has 2 N–H and O–H groups in total. The summed E-state index contributed by atoms with van der Waals surface area (Å²) >= 11 is 0.921. The molecule has 1 fully saturated rings. The highest BCUT2D eigenvalue weighted by Gasteiger charge is 2.36. The van der Waals surface area contributed by atoms with E-state index in [-0.39, 0.29) is 21.7 Å². The first-order chi connectivity index (χ1) is 8.75. The SMILES string of the molecule is Cc1csc(C(=O)O)c1S(=O)(=O)NCC1(C)COC1. The molecule has 106 valence electrons. The molecule has 2 rings (SSSR count). The van der Waals surface area contributed by atoms with Crippen LogP contribution >= 0.6 is 11.3 Å². The van der Waals surface area contributed by atoms with Crippen molar-refractivity contribution < 1.29 is 23.1 Å². The predicted octanol–water partition coefficient (Wildman–Crippen LogP) is 1.07. The van der Waals surface area contributed by atoms with Gasteiger partial charge in [-0.25, -0.2) is 17.9 Å². The molecular formula is C11H15NO5S2. The van der Waals surface area contributed by atoms with E-state index in [1.165, 1.54) is 5.38 Å². The summed E-state index contributed by atoms with van der Waals surface area (Å²) in [7, 11) is -3.81. The number of sulfonamides is 1. The van der Waals surface area contributed by atoms with E-state index in [9.17, 15) is 13.2 Å². The molecule has 8 heteroatoms. The maximum Gasteiger partial charge on any atom is 0.347 e. The highest BCUT2D eigenvalue weighted by atomic mass is 32.2. The normalized spacial score (nSPS) is 18.0. The maximum atomic E-state index is 12.2. The number of hydrogen-bond acceptors (Lipinski definition) is 5. The van der Waals surface area contributed by atoms with Gasteiger partial charge in [0.15, 0.2) is 0 Å². The lowest BCUT2D eigenvalue weighted by Gasteiger charge is -2.37. The van der Waals surface area contributed by atoms with Gasteiger partial charge in [0.1, 0.15) is 9.77 Å². The highest BCUT2D eigenvalue weighted by molar-refractivity contribution is 7.89. The van der Waals surface area contributed by atoms with Crippen molar-refractivity contribution in [2.45, 2.75) is 18.7 Å². The minimum Gasteiger partial charge on any atom is -0.477 e. The standard InChI is InChI=1S/C11H15NO5S2/c1-7-3-18-8(10(13)14)9(7)19(15,16)12-4-11(2)5-17-6-11/h3,12H,4-6H2,1-2H3,(H,13,14). The Hall–Kier alpha value is -0.960. The number of carboxylic acid groups (broad SMARTS) is 1. The molecule has 19 heavy (non-hydrogen) atoms. The number of carbonyl (C=O) groups is 1. The highest BCUT2D eigenvalue weighted by Crippen LogP contribution is 2.29. The lowest BCUT2D eigenvalue weighted by atomic mass is 9.89. The third-order valence-electron chi connectivity index (χ3n) is 2.97. The molecule has 0 unspecified atom stereocenters. The zero-order valence-electron chi connectivity index (χ0n) is 10.6. The van der Waals surface area contributed by atoms with Crippen molar-refractivity contribution in [3.8, 4) is 0 Å². The molecule has 0 amide bonds. The van der Waals surface area contributed by atoms with Crippen LogP contribution in [0, 0.1) is 12.3 Å². The molecule has 0 aliphatic carbocycles. The maximum absolute atomic E-state index is 12.2. The van der Waals surface area contributed by atoms with Gasteiger partial charge in [0, 0.05) is 12.0 Å². The Balaban J connectivity index is 2.24. The van der Waals surface area contributed by atoms with Gasteiger partial charge in [0.2, 0.25) is 10.0 Å². The van der Waals surface area contributed by atoms with Crippen molar-refractivity contribution in [2.75, 3.05) is 19.8 Å². The van der Waals surface area contributed by atoms with Gasteiger partial charge in [-0.05, 0) is 17.9 Å². The van der Waals surface area contributed by atoms with Crippen LogP contribution in [0.25, 0.3) is 0 Å². The lowest BCUT2D eigenvalue weighted by molar-refractivity contribution is -0.0965. The molecule has 2 heterocycles. The van der Waals surface area contributed by atoms with Crippen LogP contribution in [0.4, 0.5) is 0 Å². The molecule has 0 bridgehead atoms. The summed E-state index contributed by atoms with van der Waals surface area (Å²) in [6.07, 6.45) is 0. The minimum atomic E-state index is -3.81. The molecule has 6 nitrogen and oxygen atoms in total. The minimum absolute atomic E-state index is 0.131. The third-order valence-corrected chi connectivity index (χ3v) is 5.77. The summed E-state index contributed by atoms with van der Waals surface area (Å²) in [6.45, 7) is 4.75. The number of aromatic carboxylic acids is 1. The summed E-state index contributed by atoms with van der Waals surface area (Å²) in [4.78, 5) is 10.8. The first-order valence-electron chi connectivity index (χ1n) is 5.64. The van der Waals surface area contributed by atoms with Gasteiger partial charge < -0.3 is 9.84 Å². The van der Waals surface area contributed by atoms with E-state index in [0.29, 0.717) is 18.8 Å². The van der Waals surface area contributed by atoms with Crippen LogP contribution in [-0.4, -0.2) is 39.3 Å². The first kappa shape index (κ1) is 14.4. The molecule has 1 aromatic heterocycles. The Morgan fingerprint density at radius 2 is 2.21 bits per heavy atom. The van der Waals surface area contributed by atoms with Crippen LogP contribution < -0.4 is 4.72 Å². The van der Waals surface area contributed by atoms with Crippen LogP contribution in [0.2, 0.25) is 0 Å². The number of rotatable bonds is 5. The second-order valence-electron chi connectivity index (χ2n) is 5.01. The molecule has 1 aliphatic rings. The number of hydrogen-bond donors (Lipinski definition) is 2. The van der Waals surface area contributed by atoms with Crippen molar-refractivity contribution in [3.63, 3.8) is 0 Å². The van der Waals surface area contributed by atoms with Crippen LogP contribution in [0.15, 0.2) is 10.3 Å². The molecule has 1 aliphatic heterocycles. The molecule has 1 aromatic rings. The summed E-state index contributed by atoms with van der Waals surface area (Å²) in [5.41, 5.74) is 0.241. The zero-order valence-corrected chi connectivity index (χ0v) is 12.2. The molecule has 0 spiro atoms. The van der Waals surface area contributed by atoms with E-state index >= 15 is 0 Å². The van der Waals surface area contributed by atoms with E-state index in [4.69, 9.17) is 9.84 Å². The smallest absolute Gasteiger partial charge is 0.347 e. The van der Waals surface area contributed by atoms with Gasteiger partial charge in [-0.1, -0.05) is 6.92 Å². The number of aryl methyl sites for hydroxylation is 1. The van der Waals surface area contributed by atoms with Crippen molar-refractivity contribution in [3.05, 3.63) is 15.8 Å². The second-order valence-corrected chi connectivity index (χ2v) is 7.59. The lowest BCUT2D eigenvalue weighted by Crippen LogP contribution is -2.48. The predicted molar refractivity (Wildman–Crippen MR) is 70.1 cm³/mol. The fraction of sp³-hybridized carbons (Fsp3) is 0.545. The molecule has 0 aromatic carbocycles. The van der Waals surface area contributed by atoms with Gasteiger partial charge >= 0.3 is 5.97 Å². The molecule has 0 radical (unpaired) electrons. The number of carboxylic acids is 1. The summed E-state index contributed by atoms with van der Waals surface area (Å²) in [5, 5.41) is 10.6. The van der Waals surface area contributed by atoms with E-state index in [0.717, 1.165) is 11.3 Å². The summed E-state index contributed by atoms with van der Waals surface area (Å²) in [6, 6.07) is 0. The van der Waals surface area contributed by atoms with Crippen LogP contribution in [0.3, 0.4) is 0 Å². The Bertz CT molecular complexity index is 601. The Morgan fingerprint density at radius 3 is 2.68 bits per heavy atom. The molecule has 0 saturated carbocycles. The number of ether oxygens (including phenoxy) is 1. The van der Waals surface area contributed by atoms with E-state index < -0.39 is 16.0 Å². The largest absolute Gasteiger partial charge is 0.477 e. The average molecular weight is 305 g/mol. The van der Waals surface area contributed by atoms with Gasteiger partial charge in [-0.3, -0.25) is 0 Å². The van der Waals surface area contributed by atoms with Crippen LogP contribution in [-0.2, 0) is 14.8 Å². The summed E-state index contributed by atoms with van der Waals surface area (Å²) in [5.74, 6) is -1.23. The monoisotopic (exact) mass is 305 g/mol. The molecule has 0 atom stereocenters. The van der Waals surface area contributed by atoms with Gasteiger partial charge in [-0.15, -0.1) is 11.3 Å². The first-order valence-corrected chi connectivity index (χ1v) is 8.00. The van der Waals surface area contributed by atoms with Crippen molar-refractivity contribution in [1.82, 2.24) is 4.72 Å². The zero-order chi connectivity index (χ0) is 14.3. The van der Waals surface area contributed by atoms with E-state index in [2.05, 4.69) is 4.72 Å². The average Bonchev–Trinajstić information content (AvgIpc) is 2.67. The van der Waals surface area contributed by atoms with Gasteiger partial charge in [0.25, 0.3) is 0 Å². The second kappa shape index (κ2) is 4.86. The van der Waals surface area contributed by atoms with Crippen LogP contribution in [0.1, 0.15) is 22.2 Å². The topological polar surface area (TPSA) is 92.7 Å². The summed E-state index contributed by atoms with van der Waals surface area (Å²) < 4.78 is 32.0. The molecule has 1 saturated heterocycles. The van der Waals surface area contributed by atoms with Crippen molar-refractivity contribution in [2.24, 2.45) is 5.41 Å². The van der Waals surface area contributed by atoms with Crippen molar-refractivity contribution >= 4 is 27.3 Å². The third kappa shape index (κ3) is 2.81. The van der Waals surface area contributed by atoms with Crippen molar-refractivity contribution in [1.29, 1.82) is 0 Å². The quantitative estimate of drug-likeness (QED) is 0.849. The van der Waals surface area contributed by atoms with Gasteiger partial charge in [-0.2, -0.15) is 0 Å². The fourth-order valence-electron chi connectivity index (χ4n) is 1.81. The van der Waals surface area contributed by atoms with E-state index in [1.54, 1.807) is 6.92 Å². The Labute approximate surface area is 115 Å². The fourth-order valence-corrected chi connectivity index (χ4v) is 4.64. The number of thiophene rings is 1. The van der Waals surface area contributed by atoms with E-state index in [1.807, 2.05) is 6.92 Å². The van der Waals surface area contributed by atoms with Crippen LogP contribution in [0.5, 0.6) is 0 Å². The Kier molecular flexibility index (Phi) is 3.69. The Morgan fingerprint density at radius 1 is 1.58 bits per heavy atom. The van der Waals surface area contributed by atoms with Gasteiger partial charge in [0.05, 0.1) is 13.2 Å². The number of nitrogens with one attached hydrogen (secondary N) is 1. The molecular weight excluding hydrogens is 290 g/mol.